The lowest BCUT2D eigenvalue weighted by Gasteiger charge is -2.09. The van der Waals surface area contributed by atoms with Gasteiger partial charge in [-0.05, 0) is 29.7 Å². The molecule has 0 amide bonds. The fourth-order valence-corrected chi connectivity index (χ4v) is 1.85. The van der Waals surface area contributed by atoms with Gasteiger partial charge >= 0.3 is 5.69 Å². The first-order valence-corrected chi connectivity index (χ1v) is 6.44. The number of hydrogen-bond acceptors (Lipinski definition) is 5. The zero-order chi connectivity index (χ0) is 15.4. The van der Waals surface area contributed by atoms with Gasteiger partial charge in [0, 0.05) is 11.8 Å². The molecule has 0 saturated heterocycles. The molecule has 1 N–H and O–H groups in total. The molecule has 21 heavy (non-hydrogen) atoms. The van der Waals surface area contributed by atoms with Crippen LogP contribution in [-0.2, 0) is 0 Å². The van der Waals surface area contributed by atoms with Gasteiger partial charge in [0.05, 0.1) is 4.92 Å². The molecule has 0 radical (unpaired) electrons. The minimum Gasteiger partial charge on any atom is -0.340 e. The van der Waals surface area contributed by atoms with Gasteiger partial charge in [-0.3, -0.25) is 10.1 Å². The number of anilines is 2. The molecule has 0 bridgehead atoms. The molecule has 0 fully saturated rings. The lowest BCUT2D eigenvalue weighted by molar-refractivity contribution is -0.385. The van der Waals surface area contributed by atoms with Crippen molar-refractivity contribution in [2.45, 2.75) is 19.8 Å². The minimum absolute atomic E-state index is 0.205. The standard InChI is InChI=1S/C15H14N4O2/c1-10(2)11-3-5-12(6-4-11)17-15-8-7-14(19(20)21)13(9-16)18-15/h3-8,10H,1-2H3,(H,17,18). The van der Waals surface area contributed by atoms with Crippen LogP contribution in [-0.4, -0.2) is 9.91 Å². The molecule has 0 aliphatic rings. The summed E-state index contributed by atoms with van der Waals surface area (Å²) in [6.45, 7) is 4.22. The number of pyridine rings is 1. The Labute approximate surface area is 122 Å². The monoisotopic (exact) mass is 282 g/mol. The van der Waals surface area contributed by atoms with Crippen LogP contribution in [0, 0.1) is 21.4 Å². The maximum absolute atomic E-state index is 10.7. The fourth-order valence-electron chi connectivity index (χ4n) is 1.85. The van der Waals surface area contributed by atoms with Crippen molar-refractivity contribution in [1.82, 2.24) is 4.98 Å². The van der Waals surface area contributed by atoms with Gasteiger partial charge in [0.1, 0.15) is 11.9 Å². The Morgan fingerprint density at radius 3 is 2.43 bits per heavy atom. The molecule has 1 heterocycles. The predicted molar refractivity (Wildman–Crippen MR) is 79.4 cm³/mol. The summed E-state index contributed by atoms with van der Waals surface area (Å²) in [4.78, 5) is 14.1. The molecule has 0 atom stereocenters. The first kappa shape index (κ1) is 14.5. The molecule has 2 rings (SSSR count). The van der Waals surface area contributed by atoms with Gasteiger partial charge in [-0.1, -0.05) is 26.0 Å². The molecular formula is C15H14N4O2. The van der Waals surface area contributed by atoms with Crippen molar-refractivity contribution in [1.29, 1.82) is 5.26 Å². The summed E-state index contributed by atoms with van der Waals surface area (Å²) in [6.07, 6.45) is 0. The Morgan fingerprint density at radius 1 is 1.24 bits per heavy atom. The number of nitro groups is 1. The maximum atomic E-state index is 10.7. The van der Waals surface area contributed by atoms with Gasteiger partial charge in [0.2, 0.25) is 5.69 Å². The Balaban J connectivity index is 2.24. The number of nitrogens with one attached hydrogen (secondary N) is 1. The van der Waals surface area contributed by atoms with E-state index >= 15 is 0 Å². The van der Waals surface area contributed by atoms with Crippen LogP contribution in [0.25, 0.3) is 0 Å². The van der Waals surface area contributed by atoms with Gasteiger partial charge in [-0.25, -0.2) is 4.98 Å². The quantitative estimate of drug-likeness (QED) is 0.681. The Morgan fingerprint density at radius 2 is 1.90 bits per heavy atom. The number of nitrogens with zero attached hydrogens (tertiary/aromatic N) is 3. The highest BCUT2D eigenvalue weighted by atomic mass is 16.6. The van der Waals surface area contributed by atoms with Crippen molar-refractivity contribution in [2.24, 2.45) is 0 Å². The topological polar surface area (TPSA) is 91.9 Å². The smallest absolute Gasteiger partial charge is 0.305 e. The summed E-state index contributed by atoms with van der Waals surface area (Å²) in [5.74, 6) is 0.844. The Bertz CT molecular complexity index is 703. The van der Waals surface area contributed by atoms with Gasteiger partial charge in [-0.2, -0.15) is 5.26 Å². The van der Waals surface area contributed by atoms with Crippen LogP contribution < -0.4 is 5.32 Å². The van der Waals surface area contributed by atoms with E-state index in [1.54, 1.807) is 6.07 Å². The van der Waals surface area contributed by atoms with Crippen molar-refractivity contribution in [3.8, 4) is 6.07 Å². The van der Waals surface area contributed by atoms with E-state index in [2.05, 4.69) is 24.1 Å². The Hall–Kier alpha value is -2.94. The van der Waals surface area contributed by atoms with Crippen LogP contribution in [0.3, 0.4) is 0 Å². The molecular weight excluding hydrogens is 268 g/mol. The van der Waals surface area contributed by atoms with E-state index < -0.39 is 4.92 Å². The molecule has 0 unspecified atom stereocenters. The second kappa shape index (κ2) is 6.01. The number of aromatic nitrogens is 1. The second-order valence-electron chi connectivity index (χ2n) is 4.83. The number of rotatable bonds is 4. The Kier molecular flexibility index (Phi) is 4.14. The summed E-state index contributed by atoms with van der Waals surface area (Å²) in [7, 11) is 0. The second-order valence-corrected chi connectivity index (χ2v) is 4.83. The van der Waals surface area contributed by atoms with Crippen molar-refractivity contribution in [3.63, 3.8) is 0 Å². The highest BCUT2D eigenvalue weighted by Crippen LogP contribution is 2.22. The summed E-state index contributed by atoms with van der Waals surface area (Å²) >= 11 is 0. The van der Waals surface area contributed by atoms with Crippen LogP contribution in [0.4, 0.5) is 17.2 Å². The molecule has 6 nitrogen and oxygen atoms in total. The van der Waals surface area contributed by atoms with Crippen molar-refractivity contribution >= 4 is 17.2 Å². The van der Waals surface area contributed by atoms with Crippen LogP contribution in [0.2, 0.25) is 0 Å². The third-order valence-electron chi connectivity index (χ3n) is 3.03. The van der Waals surface area contributed by atoms with E-state index in [1.807, 2.05) is 24.3 Å². The molecule has 0 aliphatic heterocycles. The minimum atomic E-state index is -0.618. The van der Waals surface area contributed by atoms with Crippen molar-refractivity contribution in [3.05, 3.63) is 57.8 Å². The molecule has 6 heteroatoms. The molecule has 0 saturated carbocycles. The van der Waals surface area contributed by atoms with Crippen molar-refractivity contribution in [2.75, 3.05) is 5.32 Å². The average molecular weight is 282 g/mol. The fraction of sp³-hybridized carbons (Fsp3) is 0.200. The van der Waals surface area contributed by atoms with E-state index in [0.29, 0.717) is 11.7 Å². The van der Waals surface area contributed by atoms with Crippen LogP contribution >= 0.6 is 0 Å². The van der Waals surface area contributed by atoms with Gasteiger partial charge in [0.15, 0.2) is 0 Å². The first-order valence-electron chi connectivity index (χ1n) is 6.44. The van der Waals surface area contributed by atoms with E-state index in [4.69, 9.17) is 5.26 Å². The van der Waals surface area contributed by atoms with E-state index in [9.17, 15) is 10.1 Å². The van der Waals surface area contributed by atoms with E-state index in [-0.39, 0.29) is 11.4 Å². The number of benzene rings is 1. The van der Waals surface area contributed by atoms with Crippen LogP contribution in [0.5, 0.6) is 0 Å². The number of nitriles is 1. The number of hydrogen-bond donors (Lipinski definition) is 1. The summed E-state index contributed by atoms with van der Waals surface area (Å²) < 4.78 is 0. The third kappa shape index (κ3) is 3.34. The molecule has 0 spiro atoms. The van der Waals surface area contributed by atoms with Crippen LogP contribution in [0.1, 0.15) is 31.0 Å². The van der Waals surface area contributed by atoms with E-state index in [0.717, 1.165) is 5.69 Å². The van der Waals surface area contributed by atoms with Gasteiger partial charge in [-0.15, -0.1) is 0 Å². The molecule has 106 valence electrons. The normalized spacial score (nSPS) is 10.2. The van der Waals surface area contributed by atoms with Gasteiger partial charge in [0.25, 0.3) is 0 Å². The molecule has 1 aromatic carbocycles. The molecule has 2 aromatic rings. The SMILES string of the molecule is CC(C)c1ccc(Nc2ccc([N+](=O)[O-])c(C#N)n2)cc1. The summed E-state index contributed by atoms with van der Waals surface area (Å²) in [5.41, 5.74) is 1.53. The highest BCUT2D eigenvalue weighted by Gasteiger charge is 2.15. The largest absolute Gasteiger partial charge is 0.340 e. The highest BCUT2D eigenvalue weighted by molar-refractivity contribution is 5.59. The molecule has 0 aliphatic carbocycles. The lowest BCUT2D eigenvalue weighted by atomic mass is 10.0. The zero-order valence-corrected chi connectivity index (χ0v) is 11.7. The average Bonchev–Trinajstić information content (AvgIpc) is 2.47. The van der Waals surface area contributed by atoms with Gasteiger partial charge < -0.3 is 5.32 Å². The molecule has 1 aromatic heterocycles. The van der Waals surface area contributed by atoms with E-state index in [1.165, 1.54) is 17.7 Å². The van der Waals surface area contributed by atoms with Crippen molar-refractivity contribution < 1.29 is 4.92 Å². The lowest BCUT2D eigenvalue weighted by Crippen LogP contribution is -1.99. The maximum Gasteiger partial charge on any atom is 0.305 e. The zero-order valence-electron chi connectivity index (χ0n) is 11.7. The predicted octanol–water partition coefficient (Wildman–Crippen LogP) is 3.73. The first-order chi connectivity index (χ1) is 10.0. The third-order valence-corrected chi connectivity index (χ3v) is 3.03. The summed E-state index contributed by atoms with van der Waals surface area (Å²) in [6, 6.07) is 12.3. The summed E-state index contributed by atoms with van der Waals surface area (Å²) in [5, 5.41) is 22.7. The van der Waals surface area contributed by atoms with Crippen LogP contribution in [0.15, 0.2) is 36.4 Å².